The van der Waals surface area contributed by atoms with Crippen molar-refractivity contribution in [1.82, 2.24) is 9.71 Å². The summed E-state index contributed by atoms with van der Waals surface area (Å²) >= 11 is 11.9. The van der Waals surface area contributed by atoms with Crippen LogP contribution in [0.15, 0.2) is 41.4 Å². The van der Waals surface area contributed by atoms with Gasteiger partial charge in [-0.1, -0.05) is 35.3 Å². The van der Waals surface area contributed by atoms with Gasteiger partial charge in [-0.3, -0.25) is 0 Å². The minimum absolute atomic E-state index is 0.0949. The molecule has 0 spiro atoms. The van der Waals surface area contributed by atoms with Gasteiger partial charge in [-0.25, -0.2) is 18.1 Å². The Labute approximate surface area is 151 Å². The fourth-order valence-electron chi connectivity index (χ4n) is 2.64. The lowest BCUT2D eigenvalue weighted by molar-refractivity contribution is 0.581. The van der Waals surface area contributed by atoms with Crippen LogP contribution in [0.3, 0.4) is 0 Å². The first-order chi connectivity index (χ1) is 11.5. The summed E-state index contributed by atoms with van der Waals surface area (Å²) in [5.41, 5.74) is 0.768. The van der Waals surface area contributed by atoms with E-state index in [0.717, 1.165) is 24.5 Å². The molecule has 0 amide bonds. The number of aromatic nitrogens is 1. The number of hydrogen-bond acceptors (Lipinski definition) is 4. The normalized spacial score (nSPS) is 15.0. The Morgan fingerprint density at radius 1 is 1.08 bits per heavy atom. The van der Waals surface area contributed by atoms with Crippen LogP contribution in [0.25, 0.3) is 0 Å². The number of pyridine rings is 1. The Balaban J connectivity index is 1.70. The first kappa shape index (κ1) is 17.5. The van der Waals surface area contributed by atoms with Gasteiger partial charge in [0.25, 0.3) is 0 Å². The summed E-state index contributed by atoms with van der Waals surface area (Å²) in [5.74, 6) is 0.924. The molecule has 3 rings (SSSR count). The van der Waals surface area contributed by atoms with Crippen LogP contribution in [0, 0.1) is 0 Å². The molecule has 0 saturated carbocycles. The maximum atomic E-state index is 12.4. The van der Waals surface area contributed by atoms with Crippen molar-refractivity contribution in [3.63, 3.8) is 0 Å². The zero-order valence-electron chi connectivity index (χ0n) is 12.9. The van der Waals surface area contributed by atoms with E-state index in [4.69, 9.17) is 23.2 Å². The summed E-state index contributed by atoms with van der Waals surface area (Å²) in [7, 11) is -3.80. The third kappa shape index (κ3) is 3.83. The lowest BCUT2D eigenvalue weighted by atomic mass is 10.3. The van der Waals surface area contributed by atoms with Crippen LogP contribution >= 0.6 is 23.2 Å². The van der Waals surface area contributed by atoms with Crippen molar-refractivity contribution in [2.24, 2.45) is 0 Å². The van der Waals surface area contributed by atoms with E-state index in [1.165, 1.54) is 25.0 Å². The highest BCUT2D eigenvalue weighted by atomic mass is 35.5. The highest BCUT2D eigenvalue weighted by Gasteiger charge is 2.21. The topological polar surface area (TPSA) is 62.3 Å². The van der Waals surface area contributed by atoms with Crippen molar-refractivity contribution in [2.45, 2.75) is 24.3 Å². The second-order valence-electron chi connectivity index (χ2n) is 5.59. The number of halogens is 2. The fraction of sp³-hybridized carbons (Fsp3) is 0.312. The molecule has 24 heavy (non-hydrogen) atoms. The number of benzene rings is 1. The third-order valence-electron chi connectivity index (χ3n) is 3.89. The standard InChI is InChI=1S/C16H17Cl2N3O2S/c17-13-4-3-5-14(18)16(13)24(22,23)20-11-12-6-7-15(19-10-12)21-8-1-2-9-21/h3-7,10,20H,1-2,8-9,11H2. The predicted molar refractivity (Wildman–Crippen MR) is 96.2 cm³/mol. The molecular formula is C16H17Cl2N3O2S. The molecule has 8 heteroatoms. The molecule has 0 radical (unpaired) electrons. The molecule has 5 nitrogen and oxygen atoms in total. The second kappa shape index (κ2) is 7.27. The average Bonchev–Trinajstić information content (AvgIpc) is 3.07. The van der Waals surface area contributed by atoms with Crippen LogP contribution in [-0.4, -0.2) is 26.5 Å². The van der Waals surface area contributed by atoms with Crippen molar-refractivity contribution in [2.75, 3.05) is 18.0 Å². The first-order valence-corrected chi connectivity index (χ1v) is 9.85. The Bertz CT molecular complexity index is 799. The largest absolute Gasteiger partial charge is 0.357 e. The Hall–Kier alpha value is -1.34. The SMILES string of the molecule is O=S(=O)(NCc1ccc(N2CCCC2)nc1)c1c(Cl)cccc1Cl. The quantitative estimate of drug-likeness (QED) is 0.855. The molecule has 2 heterocycles. The summed E-state index contributed by atoms with van der Waals surface area (Å²) in [6.07, 6.45) is 4.05. The van der Waals surface area contributed by atoms with Crippen molar-refractivity contribution >= 4 is 39.0 Å². The minimum atomic E-state index is -3.80. The number of sulfonamides is 1. The smallest absolute Gasteiger partial charge is 0.243 e. The Morgan fingerprint density at radius 3 is 2.33 bits per heavy atom. The maximum Gasteiger partial charge on any atom is 0.243 e. The molecule has 0 atom stereocenters. The molecule has 0 aliphatic carbocycles. The number of rotatable bonds is 5. The Kier molecular flexibility index (Phi) is 5.30. The number of nitrogens with one attached hydrogen (secondary N) is 1. The predicted octanol–water partition coefficient (Wildman–Crippen LogP) is 3.47. The van der Waals surface area contributed by atoms with E-state index in [1.54, 1.807) is 12.3 Å². The lowest BCUT2D eigenvalue weighted by Gasteiger charge is -2.16. The summed E-state index contributed by atoms with van der Waals surface area (Å²) in [6.45, 7) is 2.16. The van der Waals surface area contributed by atoms with Crippen molar-refractivity contribution in [1.29, 1.82) is 0 Å². The Morgan fingerprint density at radius 2 is 1.75 bits per heavy atom. The van der Waals surface area contributed by atoms with Crippen LogP contribution in [0.4, 0.5) is 5.82 Å². The zero-order chi connectivity index (χ0) is 17.2. The van der Waals surface area contributed by atoms with E-state index in [2.05, 4.69) is 14.6 Å². The van der Waals surface area contributed by atoms with Gasteiger partial charge in [0.2, 0.25) is 10.0 Å². The molecule has 1 aromatic heterocycles. The molecule has 128 valence electrons. The van der Waals surface area contributed by atoms with Gasteiger partial charge >= 0.3 is 0 Å². The van der Waals surface area contributed by atoms with Crippen molar-refractivity contribution in [3.05, 3.63) is 52.1 Å². The molecule has 0 bridgehead atoms. The van der Waals surface area contributed by atoms with E-state index < -0.39 is 10.0 Å². The molecule has 1 saturated heterocycles. The molecule has 2 aromatic rings. The summed E-state index contributed by atoms with van der Waals surface area (Å²) in [4.78, 5) is 6.53. The van der Waals surface area contributed by atoms with E-state index in [0.29, 0.717) is 0 Å². The van der Waals surface area contributed by atoms with E-state index in [9.17, 15) is 8.42 Å². The van der Waals surface area contributed by atoms with Crippen LogP contribution < -0.4 is 9.62 Å². The molecular weight excluding hydrogens is 369 g/mol. The summed E-state index contributed by atoms with van der Waals surface area (Å²) in [5, 5.41) is 0.190. The van der Waals surface area contributed by atoms with Gasteiger partial charge in [-0.05, 0) is 36.6 Å². The van der Waals surface area contributed by atoms with Crippen LogP contribution in [-0.2, 0) is 16.6 Å². The van der Waals surface area contributed by atoms with Gasteiger partial charge in [0.1, 0.15) is 10.7 Å². The molecule has 1 aliphatic heterocycles. The number of hydrogen-bond donors (Lipinski definition) is 1. The van der Waals surface area contributed by atoms with Gasteiger partial charge in [0, 0.05) is 25.8 Å². The van der Waals surface area contributed by atoms with Crippen LogP contribution in [0.5, 0.6) is 0 Å². The number of nitrogens with zero attached hydrogens (tertiary/aromatic N) is 2. The first-order valence-electron chi connectivity index (χ1n) is 7.61. The van der Waals surface area contributed by atoms with Crippen LogP contribution in [0.1, 0.15) is 18.4 Å². The summed E-state index contributed by atoms with van der Waals surface area (Å²) < 4.78 is 27.3. The lowest BCUT2D eigenvalue weighted by Crippen LogP contribution is -2.24. The van der Waals surface area contributed by atoms with E-state index in [1.807, 2.05) is 12.1 Å². The minimum Gasteiger partial charge on any atom is -0.357 e. The van der Waals surface area contributed by atoms with Crippen LogP contribution in [0.2, 0.25) is 10.0 Å². The molecule has 0 unspecified atom stereocenters. The van der Waals surface area contributed by atoms with E-state index >= 15 is 0 Å². The van der Waals surface area contributed by atoms with Gasteiger partial charge in [-0.2, -0.15) is 0 Å². The van der Waals surface area contributed by atoms with Crippen molar-refractivity contribution < 1.29 is 8.42 Å². The molecule has 1 N–H and O–H groups in total. The molecule has 1 aromatic carbocycles. The van der Waals surface area contributed by atoms with Gasteiger partial charge in [0.05, 0.1) is 10.0 Å². The van der Waals surface area contributed by atoms with E-state index in [-0.39, 0.29) is 21.5 Å². The maximum absolute atomic E-state index is 12.4. The zero-order valence-corrected chi connectivity index (χ0v) is 15.2. The highest BCUT2D eigenvalue weighted by molar-refractivity contribution is 7.89. The third-order valence-corrected chi connectivity index (χ3v) is 6.25. The highest BCUT2D eigenvalue weighted by Crippen LogP contribution is 2.28. The number of anilines is 1. The molecule has 1 fully saturated rings. The molecule has 1 aliphatic rings. The fourth-order valence-corrected chi connectivity index (χ4v) is 4.80. The average molecular weight is 386 g/mol. The monoisotopic (exact) mass is 385 g/mol. The van der Waals surface area contributed by atoms with Gasteiger partial charge in [0.15, 0.2) is 0 Å². The van der Waals surface area contributed by atoms with Gasteiger partial charge < -0.3 is 4.90 Å². The van der Waals surface area contributed by atoms with Crippen molar-refractivity contribution in [3.8, 4) is 0 Å². The summed E-state index contributed by atoms with van der Waals surface area (Å²) in [6, 6.07) is 8.38. The second-order valence-corrected chi connectivity index (χ2v) is 8.11. The van der Waals surface area contributed by atoms with Gasteiger partial charge in [-0.15, -0.1) is 0 Å².